The van der Waals surface area contributed by atoms with E-state index in [0.29, 0.717) is 29.8 Å². The number of likely N-dealkylation sites (tertiary alicyclic amines) is 1. The van der Waals surface area contributed by atoms with Gasteiger partial charge in [-0.25, -0.2) is 4.98 Å². The molecule has 0 spiro atoms. The molecule has 160 valence electrons. The highest BCUT2D eigenvalue weighted by molar-refractivity contribution is 5.78. The maximum absolute atomic E-state index is 13.0. The first-order valence-electron chi connectivity index (χ1n) is 12.1. The lowest BCUT2D eigenvalue weighted by Crippen LogP contribution is -2.65. The van der Waals surface area contributed by atoms with Crippen LogP contribution < -0.4 is 0 Å². The lowest BCUT2D eigenvalue weighted by Gasteiger charge is -2.57. The molecule has 0 aromatic carbocycles. The molecule has 5 nitrogen and oxygen atoms in total. The average Bonchev–Trinajstić information content (AvgIpc) is 3.04. The summed E-state index contributed by atoms with van der Waals surface area (Å²) >= 11 is 0. The second-order valence-electron chi connectivity index (χ2n) is 10.4. The molecule has 4 atom stereocenters. The van der Waals surface area contributed by atoms with Crippen LogP contribution in [0, 0.1) is 24.7 Å². The molecule has 3 aliphatic heterocycles. The van der Waals surface area contributed by atoms with Crippen molar-refractivity contribution in [2.75, 3.05) is 13.1 Å². The summed E-state index contributed by atoms with van der Waals surface area (Å²) in [5.74, 6) is 3.72. The third kappa shape index (κ3) is 3.75. The molecule has 1 aromatic heterocycles. The zero-order valence-electron chi connectivity index (χ0n) is 18.4. The molecule has 2 bridgehead atoms. The SMILES string of the molecule is Cc1ncc(CN2C[C@H]3C[C@@H](C2)[C@H](CC2CCCCC2)N2C(=O)CCC[C@@H]32)n1C. The van der Waals surface area contributed by atoms with Crippen LogP contribution in [0.4, 0.5) is 0 Å². The van der Waals surface area contributed by atoms with E-state index < -0.39 is 0 Å². The fourth-order valence-electron chi connectivity index (χ4n) is 6.99. The van der Waals surface area contributed by atoms with Crippen LogP contribution in [-0.2, 0) is 18.4 Å². The van der Waals surface area contributed by atoms with E-state index in [1.807, 2.05) is 0 Å². The summed E-state index contributed by atoms with van der Waals surface area (Å²) in [6, 6.07) is 0.986. The van der Waals surface area contributed by atoms with Crippen LogP contribution in [0.2, 0.25) is 0 Å². The van der Waals surface area contributed by atoms with E-state index in [4.69, 9.17) is 0 Å². The monoisotopic (exact) mass is 398 g/mol. The first-order chi connectivity index (χ1) is 14.1. The van der Waals surface area contributed by atoms with Crippen molar-refractivity contribution >= 4 is 5.91 Å². The fraction of sp³-hybridized carbons (Fsp3) is 0.833. The highest BCUT2D eigenvalue weighted by Crippen LogP contribution is 2.44. The van der Waals surface area contributed by atoms with Gasteiger partial charge in [0.1, 0.15) is 5.82 Å². The van der Waals surface area contributed by atoms with Gasteiger partial charge in [-0.15, -0.1) is 0 Å². The van der Waals surface area contributed by atoms with Gasteiger partial charge in [-0.3, -0.25) is 9.69 Å². The molecule has 4 aliphatic rings. The standard InChI is InChI=1S/C24H38N4O/c1-17-25-13-21(26(17)2)16-27-14-19-12-20(15-27)23(11-18-7-4-3-5-8-18)28-22(19)9-6-10-24(28)29/h13,18-20,22-23H,3-12,14-16H2,1-2H3/t19-,20+,22+,23+/m1/s1. The zero-order chi connectivity index (χ0) is 20.0. The van der Waals surface area contributed by atoms with Gasteiger partial charge >= 0.3 is 0 Å². The summed E-state index contributed by atoms with van der Waals surface area (Å²) in [5, 5.41) is 0. The molecular formula is C24H38N4O. The van der Waals surface area contributed by atoms with Gasteiger partial charge < -0.3 is 9.47 Å². The van der Waals surface area contributed by atoms with Crippen molar-refractivity contribution in [3.05, 3.63) is 17.7 Å². The third-order valence-corrected chi connectivity index (χ3v) is 8.57. The van der Waals surface area contributed by atoms with Crippen LogP contribution in [0.25, 0.3) is 0 Å². The van der Waals surface area contributed by atoms with Crippen molar-refractivity contribution in [1.29, 1.82) is 0 Å². The molecule has 3 saturated heterocycles. The minimum absolute atomic E-state index is 0.465. The smallest absolute Gasteiger partial charge is 0.223 e. The predicted octanol–water partition coefficient (Wildman–Crippen LogP) is 3.90. The second kappa shape index (κ2) is 8.05. The van der Waals surface area contributed by atoms with Crippen LogP contribution in [0.1, 0.15) is 75.7 Å². The Hall–Kier alpha value is -1.36. The van der Waals surface area contributed by atoms with Crippen LogP contribution in [0.15, 0.2) is 6.20 Å². The average molecular weight is 399 g/mol. The Labute approximate surface area is 175 Å². The van der Waals surface area contributed by atoms with Crippen LogP contribution in [0.3, 0.4) is 0 Å². The molecule has 0 radical (unpaired) electrons. The molecule has 29 heavy (non-hydrogen) atoms. The molecule has 5 rings (SSSR count). The van der Waals surface area contributed by atoms with Crippen molar-refractivity contribution < 1.29 is 4.79 Å². The topological polar surface area (TPSA) is 41.4 Å². The van der Waals surface area contributed by atoms with Gasteiger partial charge in [0.2, 0.25) is 5.91 Å². The highest BCUT2D eigenvalue weighted by Gasteiger charge is 2.49. The molecule has 1 aliphatic carbocycles. The Morgan fingerprint density at radius 2 is 1.86 bits per heavy atom. The molecule has 4 heterocycles. The van der Waals surface area contributed by atoms with E-state index >= 15 is 0 Å². The minimum Gasteiger partial charge on any atom is -0.336 e. The Morgan fingerprint density at radius 1 is 1.07 bits per heavy atom. The van der Waals surface area contributed by atoms with Gasteiger partial charge in [0.15, 0.2) is 0 Å². The number of carbonyl (C=O) groups excluding carboxylic acids is 1. The number of piperidine rings is 3. The molecule has 1 aromatic rings. The van der Waals surface area contributed by atoms with Gasteiger partial charge in [-0.2, -0.15) is 0 Å². The van der Waals surface area contributed by atoms with E-state index in [1.54, 1.807) is 0 Å². The van der Waals surface area contributed by atoms with Crippen molar-refractivity contribution in [1.82, 2.24) is 19.4 Å². The number of carbonyl (C=O) groups is 1. The van der Waals surface area contributed by atoms with Crippen LogP contribution in [0.5, 0.6) is 0 Å². The Bertz CT molecular complexity index is 737. The van der Waals surface area contributed by atoms with Gasteiger partial charge in [0.25, 0.3) is 0 Å². The quantitative estimate of drug-likeness (QED) is 0.772. The number of amides is 1. The Morgan fingerprint density at radius 3 is 2.62 bits per heavy atom. The van der Waals surface area contributed by atoms with E-state index in [1.165, 1.54) is 57.1 Å². The Balaban J connectivity index is 1.36. The number of aryl methyl sites for hydroxylation is 1. The van der Waals surface area contributed by atoms with Crippen molar-refractivity contribution in [3.63, 3.8) is 0 Å². The normalized spacial score (nSPS) is 33.7. The number of nitrogens with zero attached hydrogens (tertiary/aromatic N) is 4. The van der Waals surface area contributed by atoms with E-state index in [9.17, 15) is 4.79 Å². The molecule has 0 unspecified atom stereocenters. The summed E-state index contributed by atoms with van der Waals surface area (Å²) in [4.78, 5) is 22.7. The first kappa shape index (κ1) is 19.6. The van der Waals surface area contributed by atoms with E-state index in [0.717, 1.165) is 44.2 Å². The van der Waals surface area contributed by atoms with Crippen molar-refractivity contribution in [2.24, 2.45) is 24.8 Å². The molecule has 4 fully saturated rings. The minimum atomic E-state index is 0.465. The number of rotatable bonds is 4. The number of imidazole rings is 1. The fourth-order valence-corrected chi connectivity index (χ4v) is 6.99. The predicted molar refractivity (Wildman–Crippen MR) is 114 cm³/mol. The molecule has 1 saturated carbocycles. The van der Waals surface area contributed by atoms with E-state index in [-0.39, 0.29) is 0 Å². The van der Waals surface area contributed by atoms with Gasteiger partial charge in [0, 0.05) is 51.4 Å². The maximum atomic E-state index is 13.0. The number of hydrogen-bond acceptors (Lipinski definition) is 3. The number of hydrogen-bond donors (Lipinski definition) is 0. The first-order valence-corrected chi connectivity index (χ1v) is 12.1. The summed E-state index contributed by atoms with van der Waals surface area (Å²) in [6.07, 6.45) is 14.7. The van der Waals surface area contributed by atoms with Gasteiger partial charge in [0.05, 0.1) is 5.69 Å². The summed E-state index contributed by atoms with van der Waals surface area (Å²) in [6.45, 7) is 5.38. The van der Waals surface area contributed by atoms with Gasteiger partial charge in [-0.05, 0) is 50.4 Å². The largest absolute Gasteiger partial charge is 0.336 e. The summed E-state index contributed by atoms with van der Waals surface area (Å²) < 4.78 is 2.24. The summed E-state index contributed by atoms with van der Waals surface area (Å²) in [5.41, 5.74) is 1.32. The summed E-state index contributed by atoms with van der Waals surface area (Å²) in [7, 11) is 2.13. The lowest BCUT2D eigenvalue weighted by molar-refractivity contribution is -0.154. The van der Waals surface area contributed by atoms with Crippen LogP contribution >= 0.6 is 0 Å². The van der Waals surface area contributed by atoms with Crippen molar-refractivity contribution in [3.8, 4) is 0 Å². The number of aromatic nitrogens is 2. The third-order valence-electron chi connectivity index (χ3n) is 8.57. The molecular weight excluding hydrogens is 360 g/mol. The highest BCUT2D eigenvalue weighted by atomic mass is 16.2. The molecule has 1 amide bonds. The molecule has 0 N–H and O–H groups in total. The lowest BCUT2D eigenvalue weighted by atomic mass is 9.69. The maximum Gasteiger partial charge on any atom is 0.223 e. The van der Waals surface area contributed by atoms with Crippen molar-refractivity contribution in [2.45, 2.75) is 89.8 Å². The Kier molecular flexibility index (Phi) is 5.44. The van der Waals surface area contributed by atoms with Crippen LogP contribution in [-0.4, -0.2) is 50.4 Å². The zero-order valence-corrected chi connectivity index (χ0v) is 18.4. The molecule has 5 heteroatoms. The number of fused-ring (bicyclic) bond motifs is 4. The second-order valence-corrected chi connectivity index (χ2v) is 10.4. The van der Waals surface area contributed by atoms with E-state index in [2.05, 4.69) is 39.5 Å². The van der Waals surface area contributed by atoms with Gasteiger partial charge in [-0.1, -0.05) is 32.1 Å².